The molecule has 3 N–H and O–H groups in total. The van der Waals surface area contributed by atoms with Crippen molar-refractivity contribution in [3.8, 4) is 5.75 Å². The van der Waals surface area contributed by atoms with Crippen LogP contribution in [0.1, 0.15) is 49.7 Å². The van der Waals surface area contributed by atoms with E-state index in [1.165, 1.54) is 5.56 Å². The van der Waals surface area contributed by atoms with Crippen molar-refractivity contribution in [1.29, 1.82) is 0 Å². The highest BCUT2D eigenvalue weighted by atomic mass is 16.5. The van der Waals surface area contributed by atoms with Crippen LogP contribution in [0.25, 0.3) is 10.9 Å². The molecule has 0 bridgehead atoms. The molecule has 2 aromatic carbocycles. The molecule has 1 fully saturated rings. The van der Waals surface area contributed by atoms with Gasteiger partial charge in [0.25, 0.3) is 5.91 Å². The van der Waals surface area contributed by atoms with Gasteiger partial charge in [0.05, 0.1) is 12.8 Å². The fourth-order valence-electron chi connectivity index (χ4n) is 4.20. The highest BCUT2D eigenvalue weighted by molar-refractivity contribution is 5.98. The van der Waals surface area contributed by atoms with Crippen LogP contribution in [0.5, 0.6) is 5.75 Å². The first-order chi connectivity index (χ1) is 15.7. The van der Waals surface area contributed by atoms with Crippen LogP contribution in [0, 0.1) is 0 Å². The molecule has 7 heteroatoms. The lowest BCUT2D eigenvalue weighted by Crippen LogP contribution is -2.47. The number of rotatable bonds is 4. The third-order valence-corrected chi connectivity index (χ3v) is 6.19. The summed E-state index contributed by atoms with van der Waals surface area (Å²) in [5.74, 6) is 0.612. The Labute approximate surface area is 194 Å². The summed E-state index contributed by atoms with van der Waals surface area (Å²) >= 11 is 0. The van der Waals surface area contributed by atoms with Gasteiger partial charge in [0.15, 0.2) is 0 Å². The summed E-state index contributed by atoms with van der Waals surface area (Å²) in [6, 6.07) is 15.3. The molecule has 7 nitrogen and oxygen atoms in total. The fourth-order valence-corrected chi connectivity index (χ4v) is 4.20. The number of fused-ring (bicyclic) bond motifs is 1. The summed E-state index contributed by atoms with van der Waals surface area (Å²) in [4.78, 5) is 30.6. The van der Waals surface area contributed by atoms with Crippen molar-refractivity contribution >= 4 is 28.5 Å². The van der Waals surface area contributed by atoms with Crippen LogP contribution in [0.2, 0.25) is 0 Å². The maximum Gasteiger partial charge on any atom is 0.319 e. The molecular weight excluding hydrogens is 416 g/mol. The number of amides is 3. The third-order valence-electron chi connectivity index (χ3n) is 6.19. The van der Waals surface area contributed by atoms with Crippen LogP contribution in [-0.2, 0) is 5.41 Å². The lowest BCUT2D eigenvalue weighted by Gasteiger charge is -2.32. The number of hydrogen-bond acceptors (Lipinski definition) is 3. The first-order valence-electron chi connectivity index (χ1n) is 11.4. The van der Waals surface area contributed by atoms with Crippen LogP contribution < -0.4 is 15.4 Å². The average molecular weight is 449 g/mol. The zero-order valence-electron chi connectivity index (χ0n) is 19.7. The van der Waals surface area contributed by atoms with Crippen molar-refractivity contribution in [2.24, 2.45) is 0 Å². The van der Waals surface area contributed by atoms with Crippen molar-refractivity contribution in [1.82, 2.24) is 15.2 Å². The second-order valence-electron chi connectivity index (χ2n) is 9.60. The molecule has 1 aliphatic heterocycles. The van der Waals surface area contributed by atoms with Gasteiger partial charge in [-0.2, -0.15) is 0 Å². The molecule has 33 heavy (non-hydrogen) atoms. The van der Waals surface area contributed by atoms with Gasteiger partial charge in [-0.15, -0.1) is 0 Å². The predicted molar refractivity (Wildman–Crippen MR) is 131 cm³/mol. The SMILES string of the molecule is COc1ccccc1NC(=O)NC1CCN(C(=O)c2cc3ccc(C(C)(C)C)cc3[nH]2)CC1. The van der Waals surface area contributed by atoms with Crippen molar-refractivity contribution in [3.63, 3.8) is 0 Å². The highest BCUT2D eigenvalue weighted by Crippen LogP contribution is 2.27. The number of hydrogen-bond donors (Lipinski definition) is 3. The lowest BCUT2D eigenvalue weighted by atomic mass is 9.87. The zero-order valence-corrected chi connectivity index (χ0v) is 19.7. The first-order valence-corrected chi connectivity index (χ1v) is 11.4. The van der Waals surface area contributed by atoms with Crippen molar-refractivity contribution in [3.05, 3.63) is 59.8 Å². The summed E-state index contributed by atoms with van der Waals surface area (Å²) in [5, 5.41) is 6.88. The molecule has 174 valence electrons. The topological polar surface area (TPSA) is 86.5 Å². The number of H-pyrrole nitrogens is 1. The molecule has 3 amide bonds. The van der Waals surface area contributed by atoms with E-state index in [0.29, 0.717) is 43.1 Å². The number of anilines is 1. The number of nitrogens with zero attached hydrogens (tertiary/aromatic N) is 1. The van der Waals surface area contributed by atoms with Gasteiger partial charge in [-0.3, -0.25) is 4.79 Å². The van der Waals surface area contributed by atoms with Gasteiger partial charge in [0.2, 0.25) is 0 Å². The molecule has 2 heterocycles. The second kappa shape index (κ2) is 9.17. The Hall–Kier alpha value is -3.48. The molecule has 0 atom stereocenters. The molecule has 0 aliphatic carbocycles. The van der Waals surface area contributed by atoms with Crippen LogP contribution >= 0.6 is 0 Å². The molecular formula is C26H32N4O3. The monoisotopic (exact) mass is 448 g/mol. The summed E-state index contributed by atoms with van der Waals surface area (Å²) in [7, 11) is 1.57. The minimum absolute atomic E-state index is 0.000400. The van der Waals surface area contributed by atoms with Crippen molar-refractivity contribution < 1.29 is 14.3 Å². The van der Waals surface area contributed by atoms with Gasteiger partial charge in [-0.05, 0) is 48.1 Å². The van der Waals surface area contributed by atoms with E-state index in [4.69, 9.17) is 4.74 Å². The van der Waals surface area contributed by atoms with Gasteiger partial charge < -0.3 is 25.3 Å². The number of methoxy groups -OCH3 is 1. The van der Waals surface area contributed by atoms with E-state index in [2.05, 4.69) is 54.6 Å². The van der Waals surface area contributed by atoms with Gasteiger partial charge >= 0.3 is 6.03 Å². The lowest BCUT2D eigenvalue weighted by molar-refractivity contribution is 0.0704. The molecule has 1 aliphatic rings. The molecule has 0 saturated carbocycles. The van der Waals surface area contributed by atoms with E-state index in [9.17, 15) is 9.59 Å². The largest absolute Gasteiger partial charge is 0.495 e. The minimum atomic E-state index is -0.269. The van der Waals surface area contributed by atoms with E-state index < -0.39 is 0 Å². The number of likely N-dealkylation sites (tertiary alicyclic amines) is 1. The quantitative estimate of drug-likeness (QED) is 0.531. The van der Waals surface area contributed by atoms with E-state index >= 15 is 0 Å². The zero-order chi connectivity index (χ0) is 23.6. The Morgan fingerprint density at radius 2 is 1.79 bits per heavy atom. The Morgan fingerprint density at radius 3 is 2.48 bits per heavy atom. The van der Waals surface area contributed by atoms with Crippen LogP contribution in [0.15, 0.2) is 48.5 Å². The number of carbonyl (C=O) groups excluding carboxylic acids is 2. The van der Waals surface area contributed by atoms with Gasteiger partial charge in [-0.1, -0.05) is 45.0 Å². The number of para-hydroxylation sites is 2. The number of ether oxygens (including phenoxy) is 1. The summed E-state index contributed by atoms with van der Waals surface area (Å²) < 4.78 is 5.27. The second-order valence-corrected chi connectivity index (χ2v) is 9.60. The molecule has 1 aromatic heterocycles. The predicted octanol–water partition coefficient (Wildman–Crippen LogP) is 4.90. The van der Waals surface area contributed by atoms with Gasteiger partial charge in [0, 0.05) is 30.0 Å². The number of nitrogens with one attached hydrogen (secondary N) is 3. The number of aromatic nitrogens is 1. The smallest absolute Gasteiger partial charge is 0.319 e. The fraction of sp³-hybridized carbons (Fsp3) is 0.385. The average Bonchev–Trinajstić information content (AvgIpc) is 3.22. The van der Waals surface area contributed by atoms with Crippen LogP contribution in [0.4, 0.5) is 10.5 Å². The maximum atomic E-state index is 13.1. The normalized spacial score (nSPS) is 14.8. The Bertz CT molecular complexity index is 1150. The summed E-state index contributed by atoms with van der Waals surface area (Å²) in [5.41, 5.74) is 3.50. The Morgan fingerprint density at radius 1 is 1.06 bits per heavy atom. The number of piperidine rings is 1. The summed E-state index contributed by atoms with van der Waals surface area (Å²) in [6.07, 6.45) is 1.42. The van der Waals surface area contributed by atoms with Crippen LogP contribution in [0.3, 0.4) is 0 Å². The number of carbonyl (C=O) groups is 2. The maximum absolute atomic E-state index is 13.1. The minimum Gasteiger partial charge on any atom is -0.495 e. The van der Waals surface area contributed by atoms with E-state index in [-0.39, 0.29) is 23.4 Å². The molecule has 0 unspecified atom stereocenters. The summed E-state index contributed by atoms with van der Waals surface area (Å²) in [6.45, 7) is 7.73. The highest BCUT2D eigenvalue weighted by Gasteiger charge is 2.26. The van der Waals surface area contributed by atoms with Gasteiger partial charge in [-0.25, -0.2) is 4.79 Å². The number of urea groups is 1. The Balaban J connectivity index is 1.34. The van der Waals surface area contributed by atoms with E-state index in [0.717, 1.165) is 10.9 Å². The molecule has 0 radical (unpaired) electrons. The van der Waals surface area contributed by atoms with E-state index in [1.807, 2.05) is 23.1 Å². The van der Waals surface area contributed by atoms with Gasteiger partial charge in [0.1, 0.15) is 11.4 Å². The van der Waals surface area contributed by atoms with Crippen molar-refractivity contribution in [2.75, 3.05) is 25.5 Å². The standard InChI is InChI=1S/C26H32N4O3/c1-26(2,3)18-10-9-17-15-22(28-21(17)16-18)24(31)30-13-11-19(12-14-30)27-25(32)29-20-7-5-6-8-23(20)33-4/h5-10,15-16,19,28H,11-14H2,1-4H3,(H2,27,29,32). The third kappa shape index (κ3) is 5.13. The number of aromatic amines is 1. The Kier molecular flexibility index (Phi) is 6.31. The van der Waals surface area contributed by atoms with Crippen LogP contribution in [-0.4, -0.2) is 48.1 Å². The van der Waals surface area contributed by atoms with E-state index in [1.54, 1.807) is 19.2 Å². The van der Waals surface area contributed by atoms with Crippen molar-refractivity contribution in [2.45, 2.75) is 45.1 Å². The molecule has 4 rings (SSSR count). The molecule has 1 saturated heterocycles. The molecule has 0 spiro atoms. The first kappa shape index (κ1) is 22.7. The number of benzene rings is 2. The molecule has 3 aromatic rings.